The summed E-state index contributed by atoms with van der Waals surface area (Å²) in [6.45, 7) is 0.239. The number of carbonyl (C=O) groups excluding carboxylic acids is 1. The minimum Gasteiger partial charge on any atom is -0.335 e. The molecular weight excluding hydrogens is 385 g/mol. The fourth-order valence-corrected chi connectivity index (χ4v) is 2.94. The molecule has 0 saturated heterocycles. The molecule has 2 amide bonds. The van der Waals surface area contributed by atoms with Crippen LogP contribution in [0.3, 0.4) is 0 Å². The molecule has 1 saturated carbocycles. The van der Waals surface area contributed by atoms with Crippen molar-refractivity contribution in [3.05, 3.63) is 64.8 Å². The number of aromatic nitrogens is 1. The summed E-state index contributed by atoms with van der Waals surface area (Å²) < 4.78 is 37.6. The zero-order valence-electron chi connectivity index (χ0n) is 15.8. The van der Waals surface area contributed by atoms with Crippen molar-refractivity contribution in [2.45, 2.75) is 50.9 Å². The lowest BCUT2D eigenvalue weighted by Gasteiger charge is -2.23. The van der Waals surface area contributed by atoms with Gasteiger partial charge in [0.15, 0.2) is 0 Å². The Morgan fingerprint density at radius 2 is 1.79 bits per heavy atom. The Bertz CT molecular complexity index is 779. The monoisotopic (exact) mass is 408 g/mol. The SMILES string of the molecule is O=C(Nc1cccc(C(F)(F)F)c1)NC1CCCCC1.O=NCc1ccncc1. The summed E-state index contributed by atoms with van der Waals surface area (Å²) in [6, 6.07) is 7.83. The van der Waals surface area contributed by atoms with Crippen molar-refractivity contribution in [3.8, 4) is 0 Å². The number of rotatable bonds is 4. The van der Waals surface area contributed by atoms with E-state index in [1.165, 1.54) is 18.6 Å². The number of hydrogen-bond acceptors (Lipinski definition) is 4. The molecule has 2 aromatic rings. The molecule has 6 nitrogen and oxygen atoms in total. The Hall–Kier alpha value is -2.97. The van der Waals surface area contributed by atoms with E-state index in [-0.39, 0.29) is 18.3 Å². The lowest BCUT2D eigenvalue weighted by atomic mass is 9.96. The standard InChI is InChI=1S/C14H17F3N2O.C6H6N2O/c15-14(16,17)10-5-4-8-12(9-10)19-13(20)18-11-6-2-1-3-7-11;9-8-5-6-1-3-7-4-2-6/h4-5,8-9,11H,1-3,6-7H2,(H2,18,19,20);1-4H,5H2. The summed E-state index contributed by atoms with van der Waals surface area (Å²) in [6.07, 6.45) is 4.06. The lowest BCUT2D eigenvalue weighted by molar-refractivity contribution is -0.137. The van der Waals surface area contributed by atoms with E-state index in [9.17, 15) is 22.9 Å². The van der Waals surface area contributed by atoms with E-state index in [4.69, 9.17) is 0 Å². The molecule has 0 bridgehead atoms. The van der Waals surface area contributed by atoms with Gasteiger partial charge in [0.05, 0.1) is 5.56 Å². The molecule has 1 aromatic carbocycles. The number of alkyl halides is 3. The highest BCUT2D eigenvalue weighted by atomic mass is 19.4. The lowest BCUT2D eigenvalue weighted by Crippen LogP contribution is -2.39. The third-order valence-electron chi connectivity index (χ3n) is 4.38. The number of nitroso groups, excluding NO2 is 1. The first-order chi connectivity index (χ1) is 13.9. The van der Waals surface area contributed by atoms with Crippen LogP contribution in [0.4, 0.5) is 23.7 Å². The van der Waals surface area contributed by atoms with Gasteiger partial charge in [-0.15, -0.1) is 0 Å². The maximum absolute atomic E-state index is 12.5. The molecule has 1 aliphatic carbocycles. The largest absolute Gasteiger partial charge is 0.416 e. The number of pyridine rings is 1. The molecular formula is C20H23F3N4O2. The predicted octanol–water partition coefficient (Wildman–Crippen LogP) is 5.51. The molecule has 2 N–H and O–H groups in total. The first-order valence-corrected chi connectivity index (χ1v) is 9.31. The van der Waals surface area contributed by atoms with Crippen LogP contribution in [0, 0.1) is 4.91 Å². The molecule has 1 fully saturated rings. The van der Waals surface area contributed by atoms with E-state index in [2.05, 4.69) is 20.8 Å². The van der Waals surface area contributed by atoms with Crippen molar-refractivity contribution in [3.63, 3.8) is 0 Å². The van der Waals surface area contributed by atoms with Crippen LogP contribution in [0.15, 0.2) is 54.0 Å². The van der Waals surface area contributed by atoms with Crippen LogP contribution in [-0.4, -0.2) is 17.1 Å². The van der Waals surface area contributed by atoms with Crippen LogP contribution in [0.5, 0.6) is 0 Å². The van der Waals surface area contributed by atoms with E-state index < -0.39 is 17.8 Å². The maximum Gasteiger partial charge on any atom is 0.416 e. The number of carbonyl (C=O) groups is 1. The molecule has 1 aromatic heterocycles. The molecule has 0 radical (unpaired) electrons. The van der Waals surface area contributed by atoms with Crippen LogP contribution in [0.25, 0.3) is 0 Å². The molecule has 156 valence electrons. The maximum atomic E-state index is 12.5. The van der Waals surface area contributed by atoms with Crippen molar-refractivity contribution in [1.82, 2.24) is 10.3 Å². The highest BCUT2D eigenvalue weighted by Crippen LogP contribution is 2.30. The van der Waals surface area contributed by atoms with Gasteiger partial charge in [-0.2, -0.15) is 18.1 Å². The van der Waals surface area contributed by atoms with Crippen molar-refractivity contribution in [1.29, 1.82) is 0 Å². The molecule has 9 heteroatoms. The van der Waals surface area contributed by atoms with Crippen LogP contribution < -0.4 is 10.6 Å². The summed E-state index contributed by atoms with van der Waals surface area (Å²) in [7, 11) is 0. The number of hydrogen-bond donors (Lipinski definition) is 2. The summed E-state index contributed by atoms with van der Waals surface area (Å²) in [5, 5.41) is 7.97. The number of amides is 2. The average Bonchev–Trinajstić information content (AvgIpc) is 2.70. The van der Waals surface area contributed by atoms with Crippen molar-refractivity contribution >= 4 is 11.7 Å². The minimum absolute atomic E-state index is 0.120. The number of halogens is 3. The van der Waals surface area contributed by atoms with Gasteiger partial charge in [0.25, 0.3) is 0 Å². The number of benzene rings is 1. The third kappa shape index (κ3) is 8.28. The zero-order valence-corrected chi connectivity index (χ0v) is 15.8. The molecule has 3 rings (SSSR count). The van der Waals surface area contributed by atoms with Crippen LogP contribution in [0.2, 0.25) is 0 Å². The first kappa shape index (κ1) is 22.3. The van der Waals surface area contributed by atoms with Gasteiger partial charge in [-0.25, -0.2) is 4.79 Å². The molecule has 0 spiro atoms. The van der Waals surface area contributed by atoms with E-state index in [1.54, 1.807) is 24.5 Å². The normalized spacial score (nSPS) is 14.3. The number of nitrogens with one attached hydrogen (secondary N) is 2. The van der Waals surface area contributed by atoms with Gasteiger partial charge < -0.3 is 10.6 Å². The Labute approximate surface area is 166 Å². The van der Waals surface area contributed by atoms with E-state index in [1.807, 2.05) is 0 Å². The summed E-state index contributed by atoms with van der Waals surface area (Å²) >= 11 is 0. The van der Waals surface area contributed by atoms with E-state index in [0.29, 0.717) is 0 Å². The second kappa shape index (κ2) is 11.1. The zero-order chi connectivity index (χ0) is 21.1. The van der Waals surface area contributed by atoms with Gasteiger partial charge in [-0.1, -0.05) is 30.5 Å². The van der Waals surface area contributed by atoms with Gasteiger partial charge in [0, 0.05) is 24.1 Å². The third-order valence-corrected chi connectivity index (χ3v) is 4.38. The summed E-state index contributed by atoms with van der Waals surface area (Å²) in [4.78, 5) is 25.2. The fourth-order valence-electron chi connectivity index (χ4n) is 2.94. The van der Waals surface area contributed by atoms with E-state index >= 15 is 0 Å². The van der Waals surface area contributed by atoms with Gasteiger partial charge in [0.2, 0.25) is 0 Å². The highest BCUT2D eigenvalue weighted by molar-refractivity contribution is 5.89. The summed E-state index contributed by atoms with van der Waals surface area (Å²) in [5.41, 5.74) is 0.279. The minimum atomic E-state index is -4.41. The van der Waals surface area contributed by atoms with Gasteiger partial charge in [-0.05, 0) is 48.7 Å². The molecule has 0 aliphatic heterocycles. The second-order valence-electron chi connectivity index (χ2n) is 6.65. The molecule has 29 heavy (non-hydrogen) atoms. The Morgan fingerprint density at radius 3 is 2.41 bits per heavy atom. The Morgan fingerprint density at radius 1 is 1.10 bits per heavy atom. The average molecular weight is 408 g/mol. The van der Waals surface area contributed by atoms with Gasteiger partial charge in [-0.3, -0.25) is 4.98 Å². The highest BCUT2D eigenvalue weighted by Gasteiger charge is 2.30. The molecule has 1 heterocycles. The number of anilines is 1. The quantitative estimate of drug-likeness (QED) is 0.655. The fraction of sp³-hybridized carbons (Fsp3) is 0.400. The smallest absolute Gasteiger partial charge is 0.335 e. The van der Waals surface area contributed by atoms with Gasteiger partial charge in [0.1, 0.15) is 6.54 Å². The van der Waals surface area contributed by atoms with Crippen LogP contribution in [0.1, 0.15) is 43.2 Å². The van der Waals surface area contributed by atoms with E-state index in [0.717, 1.165) is 43.4 Å². The van der Waals surface area contributed by atoms with Crippen molar-refractivity contribution < 1.29 is 18.0 Å². The van der Waals surface area contributed by atoms with Crippen LogP contribution in [-0.2, 0) is 12.7 Å². The Balaban J connectivity index is 0.000000278. The topological polar surface area (TPSA) is 83.5 Å². The molecule has 1 aliphatic rings. The second-order valence-corrected chi connectivity index (χ2v) is 6.65. The van der Waals surface area contributed by atoms with Gasteiger partial charge >= 0.3 is 12.2 Å². The van der Waals surface area contributed by atoms with Crippen molar-refractivity contribution in [2.24, 2.45) is 5.18 Å². The number of urea groups is 1. The Kier molecular flexibility index (Phi) is 8.57. The first-order valence-electron chi connectivity index (χ1n) is 9.31. The molecule has 0 unspecified atom stereocenters. The summed E-state index contributed by atoms with van der Waals surface area (Å²) in [5.74, 6) is 0. The number of nitrogens with zero attached hydrogens (tertiary/aromatic N) is 2. The van der Waals surface area contributed by atoms with Crippen LogP contribution >= 0.6 is 0 Å². The van der Waals surface area contributed by atoms with Crippen molar-refractivity contribution in [2.75, 3.05) is 5.32 Å². The molecule has 0 atom stereocenters. The predicted molar refractivity (Wildman–Crippen MR) is 104 cm³/mol.